The Morgan fingerprint density at radius 3 is 2.70 bits per heavy atom. The summed E-state index contributed by atoms with van der Waals surface area (Å²) in [6.45, 7) is 3.35. The maximum Gasteiger partial charge on any atom is 0.375 e. The molecule has 1 aromatic carbocycles. The lowest BCUT2D eigenvalue weighted by Gasteiger charge is -2.13. The zero-order valence-electron chi connectivity index (χ0n) is 12.6. The second-order valence-corrected chi connectivity index (χ2v) is 5.02. The van der Waals surface area contributed by atoms with E-state index in [-0.39, 0.29) is 12.6 Å². The van der Waals surface area contributed by atoms with Gasteiger partial charge in [-0.15, -0.1) is 0 Å². The molecule has 1 atom stereocenters. The minimum absolute atomic E-state index is 0.0604. The fourth-order valence-corrected chi connectivity index (χ4v) is 2.03. The fourth-order valence-electron chi connectivity index (χ4n) is 2.03. The van der Waals surface area contributed by atoms with Crippen molar-refractivity contribution in [1.29, 1.82) is 0 Å². The first-order chi connectivity index (χ1) is 11.0. The Balaban J connectivity index is 1.60. The number of ether oxygens (including phenoxy) is 3. The van der Waals surface area contributed by atoms with E-state index in [9.17, 15) is 9.59 Å². The van der Waals surface area contributed by atoms with Crippen molar-refractivity contribution in [3.05, 3.63) is 41.9 Å². The quantitative estimate of drug-likeness (QED) is 0.872. The van der Waals surface area contributed by atoms with Crippen molar-refractivity contribution < 1.29 is 28.2 Å². The molecule has 23 heavy (non-hydrogen) atoms. The van der Waals surface area contributed by atoms with Gasteiger partial charge in [-0.2, -0.15) is 0 Å². The average Bonchev–Trinajstić information content (AvgIpc) is 3.15. The van der Waals surface area contributed by atoms with Gasteiger partial charge in [0, 0.05) is 11.8 Å². The number of benzene rings is 1. The van der Waals surface area contributed by atoms with Crippen molar-refractivity contribution in [2.75, 3.05) is 12.1 Å². The number of anilines is 1. The number of hydrogen-bond acceptors (Lipinski definition) is 6. The molecule has 0 bridgehead atoms. The highest BCUT2D eigenvalue weighted by atomic mass is 16.7. The van der Waals surface area contributed by atoms with E-state index in [1.807, 2.05) is 0 Å². The smallest absolute Gasteiger partial charge is 0.375 e. The Morgan fingerprint density at radius 1 is 1.17 bits per heavy atom. The molecule has 0 spiro atoms. The van der Waals surface area contributed by atoms with Crippen LogP contribution in [0.5, 0.6) is 11.5 Å². The van der Waals surface area contributed by atoms with Crippen LogP contribution >= 0.6 is 0 Å². The summed E-state index contributed by atoms with van der Waals surface area (Å²) in [5.74, 6) is 0.681. The molecule has 7 nitrogen and oxygen atoms in total. The van der Waals surface area contributed by atoms with E-state index in [0.717, 1.165) is 0 Å². The molecule has 2 aromatic rings. The normalized spacial score (nSPS) is 13.5. The van der Waals surface area contributed by atoms with Gasteiger partial charge >= 0.3 is 5.97 Å². The van der Waals surface area contributed by atoms with E-state index in [4.69, 9.17) is 18.6 Å². The van der Waals surface area contributed by atoms with E-state index < -0.39 is 18.0 Å². The second-order valence-electron chi connectivity index (χ2n) is 5.02. The van der Waals surface area contributed by atoms with Gasteiger partial charge in [0.25, 0.3) is 5.91 Å². The molecule has 0 fully saturated rings. The van der Waals surface area contributed by atoms with E-state index in [2.05, 4.69) is 5.32 Å². The maximum atomic E-state index is 12.1. The molecule has 1 amide bonds. The van der Waals surface area contributed by atoms with Crippen molar-refractivity contribution in [2.24, 2.45) is 0 Å². The van der Waals surface area contributed by atoms with Gasteiger partial charge < -0.3 is 23.9 Å². The summed E-state index contributed by atoms with van der Waals surface area (Å²) >= 11 is 0. The molecule has 1 aliphatic heterocycles. The summed E-state index contributed by atoms with van der Waals surface area (Å²) in [6.07, 6.45) is -0.974. The van der Waals surface area contributed by atoms with E-state index in [0.29, 0.717) is 22.9 Å². The lowest BCUT2D eigenvalue weighted by atomic mass is 10.2. The number of furan rings is 1. The predicted octanol–water partition coefficient (Wildman–Crippen LogP) is 2.50. The molecule has 0 radical (unpaired) electrons. The minimum atomic E-state index is -0.974. The zero-order chi connectivity index (χ0) is 16.4. The molecular weight excluding hydrogens is 302 g/mol. The monoisotopic (exact) mass is 317 g/mol. The second kappa shape index (κ2) is 6.04. The number of carbonyl (C=O) groups is 2. The lowest BCUT2D eigenvalue weighted by molar-refractivity contribution is -0.123. The standard InChI is InChI=1S/C16H15NO6/c1-9-3-5-13(22-9)16(19)23-10(2)15(18)17-11-4-6-12-14(7-11)21-8-20-12/h3-7,10H,8H2,1-2H3,(H,17,18). The van der Waals surface area contributed by atoms with Gasteiger partial charge in [0.05, 0.1) is 0 Å². The topological polar surface area (TPSA) is 87.0 Å². The molecular formula is C16H15NO6. The minimum Gasteiger partial charge on any atom is -0.454 e. The van der Waals surface area contributed by atoms with Gasteiger partial charge in [-0.25, -0.2) is 4.79 Å². The van der Waals surface area contributed by atoms with E-state index >= 15 is 0 Å². The van der Waals surface area contributed by atoms with Crippen LogP contribution in [0.25, 0.3) is 0 Å². The molecule has 0 saturated carbocycles. The summed E-state index contributed by atoms with van der Waals surface area (Å²) in [4.78, 5) is 23.9. The van der Waals surface area contributed by atoms with Crippen molar-refractivity contribution in [3.8, 4) is 11.5 Å². The van der Waals surface area contributed by atoms with Crippen molar-refractivity contribution in [1.82, 2.24) is 0 Å². The van der Waals surface area contributed by atoms with Crippen LogP contribution in [0.3, 0.4) is 0 Å². The van der Waals surface area contributed by atoms with Gasteiger partial charge in [-0.1, -0.05) is 0 Å². The average molecular weight is 317 g/mol. The number of hydrogen-bond donors (Lipinski definition) is 1. The van der Waals surface area contributed by atoms with Gasteiger partial charge in [-0.3, -0.25) is 4.79 Å². The molecule has 3 rings (SSSR count). The molecule has 2 heterocycles. The Morgan fingerprint density at radius 2 is 1.96 bits per heavy atom. The number of carbonyl (C=O) groups excluding carboxylic acids is 2. The third-order valence-electron chi connectivity index (χ3n) is 3.23. The Labute approximate surface area is 132 Å². The SMILES string of the molecule is Cc1ccc(C(=O)OC(C)C(=O)Nc2ccc3c(c2)OCO3)o1. The number of rotatable bonds is 4. The highest BCUT2D eigenvalue weighted by molar-refractivity contribution is 5.96. The lowest BCUT2D eigenvalue weighted by Crippen LogP contribution is -2.29. The van der Waals surface area contributed by atoms with Crippen LogP contribution in [0.15, 0.2) is 34.7 Å². The van der Waals surface area contributed by atoms with Crippen LogP contribution in [0.4, 0.5) is 5.69 Å². The van der Waals surface area contributed by atoms with E-state index in [1.165, 1.54) is 13.0 Å². The first kappa shape index (κ1) is 15.0. The highest BCUT2D eigenvalue weighted by Crippen LogP contribution is 2.34. The Bertz CT molecular complexity index is 751. The summed E-state index contributed by atoms with van der Waals surface area (Å²) in [5, 5.41) is 2.65. The van der Waals surface area contributed by atoms with Crippen LogP contribution in [0.2, 0.25) is 0 Å². The third kappa shape index (κ3) is 3.28. The van der Waals surface area contributed by atoms with Gasteiger partial charge in [-0.05, 0) is 38.1 Å². The molecule has 7 heteroatoms. The van der Waals surface area contributed by atoms with Crippen LogP contribution < -0.4 is 14.8 Å². The van der Waals surface area contributed by atoms with Gasteiger partial charge in [0.1, 0.15) is 5.76 Å². The molecule has 1 N–H and O–H groups in total. The van der Waals surface area contributed by atoms with Crippen molar-refractivity contribution in [2.45, 2.75) is 20.0 Å². The summed E-state index contributed by atoms with van der Waals surface area (Å²) < 4.78 is 20.7. The van der Waals surface area contributed by atoms with Crippen molar-refractivity contribution >= 4 is 17.6 Å². The van der Waals surface area contributed by atoms with Crippen molar-refractivity contribution in [3.63, 3.8) is 0 Å². The molecule has 0 saturated heterocycles. The zero-order valence-corrected chi connectivity index (χ0v) is 12.6. The number of aryl methyl sites for hydroxylation is 1. The van der Waals surface area contributed by atoms with Gasteiger partial charge in [0.2, 0.25) is 12.6 Å². The molecule has 1 aromatic heterocycles. The summed E-state index contributed by atoms with van der Waals surface area (Å²) in [7, 11) is 0. The predicted molar refractivity (Wildman–Crippen MR) is 79.5 cm³/mol. The van der Waals surface area contributed by atoms with Crippen LogP contribution in [0, 0.1) is 6.92 Å². The van der Waals surface area contributed by atoms with E-state index in [1.54, 1.807) is 31.2 Å². The fraction of sp³-hybridized carbons (Fsp3) is 0.250. The highest BCUT2D eigenvalue weighted by Gasteiger charge is 2.22. The number of esters is 1. The molecule has 120 valence electrons. The summed E-state index contributed by atoms with van der Waals surface area (Å²) in [6, 6.07) is 8.16. The van der Waals surface area contributed by atoms with Crippen LogP contribution in [-0.4, -0.2) is 24.8 Å². The number of nitrogens with one attached hydrogen (secondary N) is 1. The first-order valence-electron chi connectivity index (χ1n) is 7.01. The Kier molecular flexibility index (Phi) is 3.92. The molecule has 0 aliphatic carbocycles. The number of amides is 1. The van der Waals surface area contributed by atoms with Crippen LogP contribution in [0.1, 0.15) is 23.2 Å². The van der Waals surface area contributed by atoms with Gasteiger partial charge in [0.15, 0.2) is 17.6 Å². The Hall–Kier alpha value is -2.96. The number of fused-ring (bicyclic) bond motifs is 1. The maximum absolute atomic E-state index is 12.1. The summed E-state index contributed by atoms with van der Waals surface area (Å²) in [5.41, 5.74) is 0.524. The third-order valence-corrected chi connectivity index (χ3v) is 3.23. The first-order valence-corrected chi connectivity index (χ1v) is 7.01. The van der Waals surface area contributed by atoms with Crippen LogP contribution in [-0.2, 0) is 9.53 Å². The largest absolute Gasteiger partial charge is 0.454 e. The molecule has 1 unspecified atom stereocenters. The molecule has 1 aliphatic rings.